The fourth-order valence-corrected chi connectivity index (χ4v) is 2.82. The van der Waals surface area contributed by atoms with Crippen LogP contribution in [0.1, 0.15) is 11.1 Å². The summed E-state index contributed by atoms with van der Waals surface area (Å²) < 4.78 is 6.06. The molecule has 2 aromatic rings. The molecular formula is C20H20BrNO3. The molecule has 0 bridgehead atoms. The summed E-state index contributed by atoms with van der Waals surface area (Å²) in [5, 5.41) is 9.70. The molecule has 130 valence electrons. The summed E-state index contributed by atoms with van der Waals surface area (Å²) >= 11 is 3.50. The molecule has 0 aliphatic rings. The molecule has 1 atom stereocenters. The topological polar surface area (TPSA) is 49.8 Å². The van der Waals surface area contributed by atoms with Crippen LogP contribution in [0.2, 0.25) is 0 Å². The van der Waals surface area contributed by atoms with E-state index >= 15 is 0 Å². The van der Waals surface area contributed by atoms with Gasteiger partial charge in [-0.25, -0.2) is 0 Å². The van der Waals surface area contributed by atoms with Gasteiger partial charge in [0.25, 0.3) is 5.91 Å². The predicted octanol–water partition coefficient (Wildman–Crippen LogP) is 2.87. The van der Waals surface area contributed by atoms with E-state index in [0.717, 1.165) is 21.3 Å². The van der Waals surface area contributed by atoms with Crippen LogP contribution in [0.5, 0.6) is 5.75 Å². The molecule has 0 saturated carbocycles. The average molecular weight is 402 g/mol. The highest BCUT2D eigenvalue weighted by Crippen LogP contribution is 2.24. The summed E-state index contributed by atoms with van der Waals surface area (Å²) in [4.78, 5) is 13.8. The van der Waals surface area contributed by atoms with Gasteiger partial charge in [0, 0.05) is 23.0 Å². The van der Waals surface area contributed by atoms with Gasteiger partial charge < -0.3 is 14.7 Å². The first kappa shape index (κ1) is 19.0. The standard InChI is InChI=1S/C20H20BrNO3/c1-22(20(24)11-8-15-6-4-3-5-7-15)17(14-23)12-16-9-10-18(25-2)13-19(16)21/h3-7,9-10,13,17,23H,12,14H2,1-2H3/t17-/m1/s1. The highest BCUT2D eigenvalue weighted by molar-refractivity contribution is 9.10. The van der Waals surface area contributed by atoms with E-state index in [2.05, 4.69) is 27.8 Å². The Morgan fingerprint density at radius 1 is 1.28 bits per heavy atom. The highest BCUT2D eigenvalue weighted by Gasteiger charge is 2.19. The van der Waals surface area contributed by atoms with Crippen LogP contribution in [-0.2, 0) is 11.2 Å². The third-order valence-electron chi connectivity index (χ3n) is 3.88. The molecule has 0 radical (unpaired) electrons. The lowest BCUT2D eigenvalue weighted by Crippen LogP contribution is -2.40. The first-order chi connectivity index (χ1) is 12.0. The minimum atomic E-state index is -0.359. The van der Waals surface area contributed by atoms with Gasteiger partial charge >= 0.3 is 0 Å². The maximum absolute atomic E-state index is 12.3. The van der Waals surface area contributed by atoms with E-state index in [1.54, 1.807) is 14.2 Å². The molecule has 1 N–H and O–H groups in total. The number of rotatable bonds is 5. The molecular weight excluding hydrogens is 382 g/mol. The monoisotopic (exact) mass is 401 g/mol. The van der Waals surface area contributed by atoms with Gasteiger partial charge in [0.2, 0.25) is 0 Å². The smallest absolute Gasteiger partial charge is 0.298 e. The van der Waals surface area contributed by atoms with E-state index in [0.29, 0.717) is 6.42 Å². The van der Waals surface area contributed by atoms with Crippen molar-refractivity contribution in [2.24, 2.45) is 0 Å². The van der Waals surface area contributed by atoms with Crippen molar-refractivity contribution in [3.63, 3.8) is 0 Å². The van der Waals surface area contributed by atoms with Crippen LogP contribution in [0.3, 0.4) is 0 Å². The number of methoxy groups -OCH3 is 1. The minimum Gasteiger partial charge on any atom is -0.497 e. The first-order valence-electron chi connectivity index (χ1n) is 7.82. The number of carbonyl (C=O) groups is 1. The van der Waals surface area contributed by atoms with Gasteiger partial charge in [-0.3, -0.25) is 4.79 Å². The molecule has 0 fully saturated rings. The molecule has 0 aliphatic carbocycles. The van der Waals surface area contributed by atoms with Crippen LogP contribution in [0, 0.1) is 11.8 Å². The molecule has 0 heterocycles. The molecule has 1 amide bonds. The van der Waals surface area contributed by atoms with Gasteiger partial charge in [-0.15, -0.1) is 0 Å². The van der Waals surface area contributed by atoms with Crippen LogP contribution >= 0.6 is 15.9 Å². The summed E-state index contributed by atoms with van der Waals surface area (Å²) in [6, 6.07) is 14.6. The minimum absolute atomic E-state index is 0.145. The van der Waals surface area contributed by atoms with Crippen molar-refractivity contribution in [3.05, 3.63) is 64.1 Å². The van der Waals surface area contributed by atoms with E-state index in [1.165, 1.54) is 4.90 Å². The number of halogens is 1. The van der Waals surface area contributed by atoms with Crippen molar-refractivity contribution in [2.45, 2.75) is 12.5 Å². The Bertz CT molecular complexity index is 781. The van der Waals surface area contributed by atoms with Gasteiger partial charge in [-0.05, 0) is 36.2 Å². The van der Waals surface area contributed by atoms with Crippen LogP contribution in [0.25, 0.3) is 0 Å². The zero-order valence-corrected chi connectivity index (χ0v) is 15.8. The van der Waals surface area contributed by atoms with Gasteiger partial charge in [-0.2, -0.15) is 0 Å². The predicted molar refractivity (Wildman–Crippen MR) is 101 cm³/mol. The van der Waals surface area contributed by atoms with Crippen molar-refractivity contribution < 1.29 is 14.6 Å². The molecule has 0 unspecified atom stereocenters. The summed E-state index contributed by atoms with van der Waals surface area (Å²) in [6.45, 7) is -0.145. The maximum Gasteiger partial charge on any atom is 0.298 e. The number of aliphatic hydroxyl groups is 1. The second-order valence-corrected chi connectivity index (χ2v) is 6.38. The average Bonchev–Trinajstić information content (AvgIpc) is 2.65. The second-order valence-electron chi connectivity index (χ2n) is 5.53. The van der Waals surface area contributed by atoms with Crippen LogP contribution in [-0.4, -0.2) is 42.7 Å². The Kier molecular flexibility index (Phi) is 7.05. The molecule has 2 aromatic carbocycles. The molecule has 0 aromatic heterocycles. The second kappa shape index (κ2) is 9.26. The number of carbonyl (C=O) groups excluding carboxylic acids is 1. The van der Waals surface area contributed by atoms with Crippen LogP contribution < -0.4 is 4.74 Å². The number of hydrogen-bond acceptors (Lipinski definition) is 3. The Hall–Kier alpha value is -2.29. The van der Waals surface area contributed by atoms with E-state index in [4.69, 9.17) is 4.74 Å². The van der Waals surface area contributed by atoms with E-state index in [-0.39, 0.29) is 18.6 Å². The summed E-state index contributed by atoms with van der Waals surface area (Å²) in [6.07, 6.45) is 0.510. The van der Waals surface area contributed by atoms with Crippen molar-refractivity contribution in [2.75, 3.05) is 20.8 Å². The molecule has 0 spiro atoms. The first-order valence-corrected chi connectivity index (χ1v) is 8.61. The van der Waals surface area contributed by atoms with Gasteiger partial charge in [0.05, 0.1) is 19.8 Å². The zero-order chi connectivity index (χ0) is 18.2. The zero-order valence-electron chi connectivity index (χ0n) is 14.2. The third-order valence-corrected chi connectivity index (χ3v) is 4.62. The van der Waals surface area contributed by atoms with Crippen molar-refractivity contribution >= 4 is 21.8 Å². The number of hydrogen-bond donors (Lipinski definition) is 1. The number of likely N-dealkylation sites (N-methyl/N-ethyl adjacent to an activating group) is 1. The molecule has 2 rings (SSSR count). The van der Waals surface area contributed by atoms with Crippen molar-refractivity contribution in [3.8, 4) is 17.6 Å². The summed E-state index contributed by atoms with van der Waals surface area (Å²) in [5.74, 6) is 5.89. The number of ether oxygens (including phenoxy) is 1. The Morgan fingerprint density at radius 3 is 2.60 bits per heavy atom. The number of benzene rings is 2. The van der Waals surface area contributed by atoms with E-state index in [1.807, 2.05) is 48.5 Å². The quantitative estimate of drug-likeness (QED) is 0.783. The van der Waals surface area contributed by atoms with Crippen molar-refractivity contribution in [1.82, 2.24) is 4.90 Å². The lowest BCUT2D eigenvalue weighted by Gasteiger charge is -2.25. The number of aliphatic hydroxyl groups excluding tert-OH is 1. The summed E-state index contributed by atoms with van der Waals surface area (Å²) in [7, 11) is 3.26. The fourth-order valence-electron chi connectivity index (χ4n) is 2.30. The normalized spacial score (nSPS) is 11.2. The summed E-state index contributed by atoms with van der Waals surface area (Å²) in [5.41, 5.74) is 1.76. The third kappa shape index (κ3) is 5.35. The van der Waals surface area contributed by atoms with E-state index < -0.39 is 0 Å². The van der Waals surface area contributed by atoms with Crippen LogP contribution in [0.15, 0.2) is 53.0 Å². The Balaban J connectivity index is 2.09. The number of amides is 1. The van der Waals surface area contributed by atoms with Gasteiger partial charge in [0.1, 0.15) is 5.75 Å². The molecule has 25 heavy (non-hydrogen) atoms. The lowest BCUT2D eigenvalue weighted by atomic mass is 10.1. The lowest BCUT2D eigenvalue weighted by molar-refractivity contribution is -0.126. The molecule has 5 heteroatoms. The molecule has 0 aliphatic heterocycles. The molecule has 4 nitrogen and oxygen atoms in total. The fraction of sp³-hybridized carbons (Fsp3) is 0.250. The van der Waals surface area contributed by atoms with Gasteiger partial charge in [-0.1, -0.05) is 46.1 Å². The maximum atomic E-state index is 12.3. The Labute approximate surface area is 156 Å². The largest absolute Gasteiger partial charge is 0.497 e. The highest BCUT2D eigenvalue weighted by atomic mass is 79.9. The van der Waals surface area contributed by atoms with Gasteiger partial charge in [0.15, 0.2) is 0 Å². The van der Waals surface area contributed by atoms with Crippen molar-refractivity contribution in [1.29, 1.82) is 0 Å². The SMILES string of the molecule is COc1ccc(C[C@H](CO)N(C)C(=O)C#Cc2ccccc2)c(Br)c1. The van der Waals surface area contributed by atoms with E-state index in [9.17, 15) is 9.90 Å². The van der Waals surface area contributed by atoms with Crippen LogP contribution in [0.4, 0.5) is 0 Å². The Morgan fingerprint density at radius 2 is 2.00 bits per heavy atom. The number of nitrogens with zero attached hydrogens (tertiary/aromatic N) is 1. The molecule has 0 saturated heterocycles.